The van der Waals surface area contributed by atoms with Crippen LogP contribution < -0.4 is 0 Å². The van der Waals surface area contributed by atoms with Crippen LogP contribution in [0.4, 0.5) is 13.2 Å². The van der Waals surface area contributed by atoms with E-state index in [9.17, 15) is 27.6 Å². The van der Waals surface area contributed by atoms with E-state index in [4.69, 9.17) is 0 Å². The van der Waals surface area contributed by atoms with Gasteiger partial charge in [0.25, 0.3) is 0 Å². The van der Waals surface area contributed by atoms with Gasteiger partial charge < -0.3 is 14.2 Å². The van der Waals surface area contributed by atoms with E-state index in [0.29, 0.717) is 0 Å². The molecule has 0 aliphatic carbocycles. The predicted octanol–water partition coefficient (Wildman–Crippen LogP) is 0.588. The van der Waals surface area contributed by atoms with Crippen molar-refractivity contribution in [3.63, 3.8) is 0 Å². The molecule has 0 rings (SSSR count). The Balaban J connectivity index is 4.98. The van der Waals surface area contributed by atoms with Gasteiger partial charge in [-0.3, -0.25) is 0 Å². The molecule has 104 valence electrons. The molecule has 0 saturated carbocycles. The molecule has 0 spiro atoms. The molecule has 0 aliphatic heterocycles. The number of hydrogen-bond donors (Lipinski definition) is 0. The minimum absolute atomic E-state index is 0.462. The zero-order valence-corrected chi connectivity index (χ0v) is 9.41. The third-order valence-corrected chi connectivity index (χ3v) is 1.57. The Labute approximate surface area is 100.0 Å². The smallest absolute Gasteiger partial charge is 0.386 e. The first-order valence-corrected chi connectivity index (χ1v) is 4.76. The first kappa shape index (κ1) is 16.2. The Kier molecular flexibility index (Phi) is 6.76. The predicted molar refractivity (Wildman–Crippen MR) is 49.2 cm³/mol. The second-order valence-electron chi connectivity index (χ2n) is 2.86. The normalized spacial score (nSPS) is 10.7. The van der Waals surface area contributed by atoms with Crippen molar-refractivity contribution in [1.29, 1.82) is 0 Å². The summed E-state index contributed by atoms with van der Waals surface area (Å²) < 4.78 is 48.7. The molecule has 0 saturated heterocycles. The summed E-state index contributed by atoms with van der Waals surface area (Å²) in [4.78, 5) is 32.3. The highest BCUT2D eigenvalue weighted by molar-refractivity contribution is 5.75. The van der Waals surface area contributed by atoms with Gasteiger partial charge in [0.15, 0.2) is 20.0 Å². The largest absolute Gasteiger partial charge is 0.423 e. The molecule has 9 heteroatoms. The van der Waals surface area contributed by atoms with E-state index in [1.807, 2.05) is 0 Å². The number of carbonyl (C=O) groups excluding carboxylic acids is 3. The molecule has 0 aromatic rings. The van der Waals surface area contributed by atoms with Gasteiger partial charge in [0.1, 0.15) is 0 Å². The monoisotopic (exact) mass is 272 g/mol. The van der Waals surface area contributed by atoms with Gasteiger partial charge in [-0.15, -0.1) is 0 Å². The van der Waals surface area contributed by atoms with Crippen LogP contribution in [-0.2, 0) is 28.6 Å². The van der Waals surface area contributed by atoms with Crippen LogP contribution in [0.25, 0.3) is 0 Å². The Morgan fingerprint density at radius 3 is 1.28 bits per heavy atom. The van der Waals surface area contributed by atoms with Gasteiger partial charge >= 0.3 is 23.9 Å². The number of ether oxygens (including phenoxy) is 3. The maximum absolute atomic E-state index is 12.0. The lowest BCUT2D eigenvalue weighted by Gasteiger charge is -2.29. The molecule has 0 aliphatic rings. The standard InChI is InChI=1S/C9H11F3O6/c1-2-9(16-6(13)3-10,17-7(14)4-11)18-8(15)5-12/h2-5H2,1H3. The molecule has 6 nitrogen and oxygen atoms in total. The highest BCUT2D eigenvalue weighted by Crippen LogP contribution is 2.21. The van der Waals surface area contributed by atoms with Crippen molar-refractivity contribution < 1.29 is 41.8 Å². The van der Waals surface area contributed by atoms with Gasteiger partial charge in [0.2, 0.25) is 0 Å². The third kappa shape index (κ3) is 5.02. The average Bonchev–Trinajstić information content (AvgIpc) is 2.37. The number of rotatable bonds is 7. The molecular weight excluding hydrogens is 261 g/mol. The summed E-state index contributed by atoms with van der Waals surface area (Å²) >= 11 is 0. The van der Waals surface area contributed by atoms with Gasteiger partial charge in [0, 0.05) is 0 Å². The Bertz CT molecular complexity index is 274. The molecule has 0 radical (unpaired) electrons. The van der Waals surface area contributed by atoms with E-state index in [1.54, 1.807) is 0 Å². The highest BCUT2D eigenvalue weighted by atomic mass is 19.1. The summed E-state index contributed by atoms with van der Waals surface area (Å²) in [6.45, 7) is -3.56. The summed E-state index contributed by atoms with van der Waals surface area (Å²) in [5.41, 5.74) is 0. The maximum Gasteiger partial charge on any atom is 0.423 e. The van der Waals surface area contributed by atoms with E-state index in [0.717, 1.165) is 0 Å². The van der Waals surface area contributed by atoms with Crippen molar-refractivity contribution >= 4 is 17.9 Å². The van der Waals surface area contributed by atoms with Crippen molar-refractivity contribution in [2.75, 3.05) is 20.0 Å². The van der Waals surface area contributed by atoms with E-state index < -0.39 is 50.3 Å². The number of halogens is 3. The van der Waals surface area contributed by atoms with Gasteiger partial charge in [-0.05, 0) is 0 Å². The minimum Gasteiger partial charge on any atom is -0.386 e. The van der Waals surface area contributed by atoms with E-state index in [1.165, 1.54) is 6.92 Å². The Morgan fingerprint density at radius 2 is 1.11 bits per heavy atom. The van der Waals surface area contributed by atoms with Crippen molar-refractivity contribution in [3.05, 3.63) is 0 Å². The molecule has 0 bridgehead atoms. The van der Waals surface area contributed by atoms with Gasteiger partial charge in [-0.25, -0.2) is 27.6 Å². The molecule has 0 aromatic carbocycles. The molecule has 0 heterocycles. The molecule has 18 heavy (non-hydrogen) atoms. The summed E-state index contributed by atoms with van der Waals surface area (Å²) in [5, 5.41) is 0. The van der Waals surface area contributed by atoms with Crippen LogP contribution in [0.3, 0.4) is 0 Å². The van der Waals surface area contributed by atoms with Crippen LogP contribution >= 0.6 is 0 Å². The lowest BCUT2D eigenvalue weighted by Crippen LogP contribution is -2.45. The highest BCUT2D eigenvalue weighted by Gasteiger charge is 2.42. The summed E-state index contributed by atoms with van der Waals surface area (Å²) in [6, 6.07) is 0. The Morgan fingerprint density at radius 1 is 0.833 bits per heavy atom. The molecule has 0 N–H and O–H groups in total. The fourth-order valence-corrected chi connectivity index (χ4v) is 0.881. The van der Waals surface area contributed by atoms with Crippen molar-refractivity contribution in [1.82, 2.24) is 0 Å². The molecule has 0 unspecified atom stereocenters. The molecule has 0 aromatic heterocycles. The first-order valence-electron chi connectivity index (χ1n) is 4.76. The average molecular weight is 272 g/mol. The van der Waals surface area contributed by atoms with Crippen molar-refractivity contribution in [3.8, 4) is 0 Å². The number of carbonyl (C=O) groups is 3. The second-order valence-corrected chi connectivity index (χ2v) is 2.86. The molecular formula is C9H11F3O6. The van der Waals surface area contributed by atoms with Crippen molar-refractivity contribution in [2.24, 2.45) is 0 Å². The van der Waals surface area contributed by atoms with Crippen LogP contribution in [0.5, 0.6) is 0 Å². The summed E-state index contributed by atoms with van der Waals surface area (Å²) in [6.07, 6.45) is -0.462. The van der Waals surface area contributed by atoms with Crippen LogP contribution in [0.1, 0.15) is 13.3 Å². The molecule has 0 atom stereocenters. The van der Waals surface area contributed by atoms with E-state index in [-0.39, 0.29) is 0 Å². The fraction of sp³-hybridized carbons (Fsp3) is 0.667. The number of hydrogen-bond acceptors (Lipinski definition) is 6. The van der Waals surface area contributed by atoms with Crippen LogP contribution in [0, 0.1) is 0 Å². The SMILES string of the molecule is CCC(OC(=O)CF)(OC(=O)CF)OC(=O)CF. The topological polar surface area (TPSA) is 78.9 Å². The second kappa shape index (κ2) is 7.51. The van der Waals surface area contributed by atoms with E-state index in [2.05, 4.69) is 14.2 Å². The Hall–Kier alpha value is -1.80. The summed E-state index contributed by atoms with van der Waals surface area (Å²) in [5.74, 6) is -7.21. The zero-order chi connectivity index (χ0) is 14.2. The number of alkyl halides is 3. The van der Waals surface area contributed by atoms with Crippen LogP contribution in [0.15, 0.2) is 0 Å². The summed E-state index contributed by atoms with van der Waals surface area (Å²) in [7, 11) is 0. The molecule has 0 fully saturated rings. The van der Waals surface area contributed by atoms with Gasteiger partial charge in [-0.1, -0.05) is 6.92 Å². The third-order valence-electron chi connectivity index (χ3n) is 1.57. The molecule has 0 amide bonds. The minimum atomic E-state index is -2.66. The van der Waals surface area contributed by atoms with Gasteiger partial charge in [0.05, 0.1) is 6.42 Å². The zero-order valence-electron chi connectivity index (χ0n) is 9.41. The first-order chi connectivity index (χ1) is 8.42. The van der Waals surface area contributed by atoms with Gasteiger partial charge in [-0.2, -0.15) is 0 Å². The van der Waals surface area contributed by atoms with Crippen LogP contribution in [0.2, 0.25) is 0 Å². The maximum atomic E-state index is 12.0. The van der Waals surface area contributed by atoms with Crippen molar-refractivity contribution in [2.45, 2.75) is 19.3 Å². The van der Waals surface area contributed by atoms with Crippen LogP contribution in [-0.4, -0.2) is 43.9 Å². The fourth-order valence-electron chi connectivity index (χ4n) is 0.881. The lowest BCUT2D eigenvalue weighted by molar-refractivity contribution is -0.331. The lowest BCUT2D eigenvalue weighted by atomic mass is 10.4. The number of esters is 3. The van der Waals surface area contributed by atoms with E-state index >= 15 is 0 Å². The quantitative estimate of drug-likeness (QED) is 0.498.